The topological polar surface area (TPSA) is 79.6 Å². The van der Waals surface area contributed by atoms with E-state index in [2.05, 4.69) is 15.3 Å². The molecule has 0 saturated heterocycles. The number of imidazole rings is 1. The molecule has 0 saturated carbocycles. The molecule has 3 heterocycles. The normalized spacial score (nSPS) is 10.7. The van der Waals surface area contributed by atoms with Crippen LogP contribution in [-0.4, -0.2) is 38.1 Å². The zero-order chi connectivity index (χ0) is 20.9. The highest BCUT2D eigenvalue weighted by atomic mass is 16.2. The van der Waals surface area contributed by atoms with Crippen LogP contribution in [0.3, 0.4) is 0 Å². The van der Waals surface area contributed by atoms with Gasteiger partial charge in [-0.25, -0.2) is 4.98 Å². The van der Waals surface area contributed by atoms with Crippen LogP contribution in [0.1, 0.15) is 32.4 Å². The van der Waals surface area contributed by atoms with E-state index in [4.69, 9.17) is 0 Å². The number of hydrogen-bond acceptors (Lipinski definition) is 4. The molecule has 0 bridgehead atoms. The molecule has 0 unspecified atom stereocenters. The molecule has 4 aromatic rings. The van der Waals surface area contributed by atoms with Gasteiger partial charge < -0.3 is 10.2 Å². The van der Waals surface area contributed by atoms with Gasteiger partial charge in [0.1, 0.15) is 0 Å². The Kier molecular flexibility index (Phi) is 5.52. The summed E-state index contributed by atoms with van der Waals surface area (Å²) >= 11 is 0. The Morgan fingerprint density at radius 2 is 1.77 bits per heavy atom. The number of carbonyl (C=O) groups excluding carboxylic acids is 2. The van der Waals surface area contributed by atoms with Crippen LogP contribution in [0.2, 0.25) is 0 Å². The van der Waals surface area contributed by atoms with Gasteiger partial charge >= 0.3 is 0 Å². The van der Waals surface area contributed by atoms with Crippen LogP contribution in [0.15, 0.2) is 79.1 Å². The number of aromatic nitrogens is 3. The minimum atomic E-state index is -0.353. The summed E-state index contributed by atoms with van der Waals surface area (Å²) in [6.45, 7) is 0.728. The lowest BCUT2D eigenvalue weighted by atomic mass is 10.2. The van der Waals surface area contributed by atoms with Crippen LogP contribution in [0.5, 0.6) is 0 Å². The number of benzene rings is 1. The average Bonchev–Trinajstić information content (AvgIpc) is 3.18. The fourth-order valence-corrected chi connectivity index (χ4v) is 3.21. The van der Waals surface area contributed by atoms with E-state index in [1.54, 1.807) is 40.9 Å². The minimum absolute atomic E-state index is 0.201. The third kappa shape index (κ3) is 4.05. The molecule has 0 atom stereocenters. The van der Waals surface area contributed by atoms with Gasteiger partial charge in [-0.1, -0.05) is 42.5 Å². The highest BCUT2D eigenvalue weighted by Gasteiger charge is 2.23. The summed E-state index contributed by atoms with van der Waals surface area (Å²) in [5.74, 6) is -0.412. The van der Waals surface area contributed by atoms with Crippen molar-refractivity contribution >= 4 is 17.3 Å². The smallest absolute Gasteiger partial charge is 0.290 e. The molecular formula is C23H21N5O2. The van der Waals surface area contributed by atoms with Crippen LogP contribution < -0.4 is 5.32 Å². The first-order valence-electron chi connectivity index (χ1n) is 9.58. The molecule has 0 spiro atoms. The molecule has 0 aliphatic heterocycles. The van der Waals surface area contributed by atoms with E-state index >= 15 is 0 Å². The zero-order valence-electron chi connectivity index (χ0n) is 16.5. The van der Waals surface area contributed by atoms with Crippen molar-refractivity contribution in [1.29, 1.82) is 0 Å². The highest BCUT2D eigenvalue weighted by Crippen LogP contribution is 2.16. The molecule has 0 aliphatic rings. The average molecular weight is 399 g/mol. The van der Waals surface area contributed by atoms with E-state index in [9.17, 15) is 9.59 Å². The van der Waals surface area contributed by atoms with Crippen molar-refractivity contribution < 1.29 is 9.59 Å². The van der Waals surface area contributed by atoms with Crippen molar-refractivity contribution in [2.75, 3.05) is 7.05 Å². The first-order chi connectivity index (χ1) is 14.6. The molecule has 150 valence electrons. The predicted octanol–water partition coefficient (Wildman–Crippen LogP) is 2.93. The van der Waals surface area contributed by atoms with E-state index in [1.807, 2.05) is 54.6 Å². The summed E-state index contributed by atoms with van der Waals surface area (Å²) in [5.41, 5.74) is 2.55. The van der Waals surface area contributed by atoms with Gasteiger partial charge in [0.2, 0.25) is 5.82 Å². The molecule has 1 aromatic carbocycles. The molecule has 0 aliphatic carbocycles. The van der Waals surface area contributed by atoms with Crippen molar-refractivity contribution in [3.63, 3.8) is 0 Å². The fraction of sp³-hybridized carbons (Fsp3) is 0.130. The highest BCUT2D eigenvalue weighted by molar-refractivity contribution is 6.02. The fourth-order valence-electron chi connectivity index (χ4n) is 3.21. The Labute approximate surface area is 174 Å². The second-order valence-electron chi connectivity index (χ2n) is 6.89. The molecule has 7 nitrogen and oxygen atoms in total. The predicted molar refractivity (Wildman–Crippen MR) is 113 cm³/mol. The number of amides is 2. The number of pyridine rings is 2. The summed E-state index contributed by atoms with van der Waals surface area (Å²) in [7, 11) is 1.72. The Bertz CT molecular complexity index is 1170. The molecule has 0 fully saturated rings. The summed E-state index contributed by atoms with van der Waals surface area (Å²) in [6.07, 6.45) is 3.41. The van der Waals surface area contributed by atoms with Gasteiger partial charge in [0.25, 0.3) is 11.8 Å². The summed E-state index contributed by atoms with van der Waals surface area (Å²) in [5, 5.41) is 2.83. The summed E-state index contributed by atoms with van der Waals surface area (Å²) in [6, 6.07) is 20.6. The van der Waals surface area contributed by atoms with Gasteiger partial charge in [0.05, 0.1) is 17.8 Å². The molecule has 1 N–H and O–H groups in total. The van der Waals surface area contributed by atoms with Crippen molar-refractivity contribution in [3.8, 4) is 0 Å². The number of nitrogens with zero attached hydrogens (tertiary/aromatic N) is 4. The van der Waals surface area contributed by atoms with Crippen LogP contribution in [0.25, 0.3) is 5.52 Å². The lowest BCUT2D eigenvalue weighted by molar-refractivity contribution is 0.0772. The van der Waals surface area contributed by atoms with Gasteiger partial charge in [-0.15, -0.1) is 0 Å². The zero-order valence-corrected chi connectivity index (χ0v) is 16.5. The van der Waals surface area contributed by atoms with Crippen LogP contribution in [-0.2, 0) is 13.1 Å². The first kappa shape index (κ1) is 19.3. The van der Waals surface area contributed by atoms with E-state index in [-0.39, 0.29) is 29.9 Å². The molecule has 0 radical (unpaired) electrons. The van der Waals surface area contributed by atoms with Gasteiger partial charge in [0, 0.05) is 26.0 Å². The second kappa shape index (κ2) is 8.57. The van der Waals surface area contributed by atoms with Crippen molar-refractivity contribution in [2.45, 2.75) is 13.1 Å². The van der Waals surface area contributed by atoms with Crippen molar-refractivity contribution in [3.05, 3.63) is 102 Å². The van der Waals surface area contributed by atoms with Crippen LogP contribution >= 0.6 is 0 Å². The minimum Gasteiger partial charge on any atom is -0.345 e. The van der Waals surface area contributed by atoms with E-state index < -0.39 is 0 Å². The maximum Gasteiger partial charge on any atom is 0.290 e. The number of carbonyl (C=O) groups is 2. The Hall–Kier alpha value is -4.00. The van der Waals surface area contributed by atoms with E-state index in [0.717, 1.165) is 11.3 Å². The molecule has 2 amide bonds. The van der Waals surface area contributed by atoms with Gasteiger partial charge in [-0.3, -0.25) is 19.0 Å². The van der Waals surface area contributed by atoms with Gasteiger partial charge in [-0.2, -0.15) is 0 Å². The maximum atomic E-state index is 13.1. The maximum absolute atomic E-state index is 13.1. The van der Waals surface area contributed by atoms with Gasteiger partial charge in [0.15, 0.2) is 5.69 Å². The Balaban J connectivity index is 1.58. The lowest BCUT2D eigenvalue weighted by Gasteiger charge is -2.16. The standard InChI is InChI=1S/C23H21N5O2/c1-27(16-17-9-3-2-4-10-17)23(30)21-26-20(19-12-6-8-14-28(19)21)22(29)25-15-18-11-5-7-13-24-18/h2-14H,15-16H2,1H3,(H,25,29). The third-order valence-corrected chi connectivity index (χ3v) is 4.72. The van der Waals surface area contributed by atoms with E-state index in [1.165, 1.54) is 0 Å². The quantitative estimate of drug-likeness (QED) is 0.541. The van der Waals surface area contributed by atoms with Crippen molar-refractivity contribution in [2.24, 2.45) is 0 Å². The third-order valence-electron chi connectivity index (χ3n) is 4.72. The Morgan fingerprint density at radius 1 is 1.00 bits per heavy atom. The molecule has 30 heavy (non-hydrogen) atoms. The number of hydrogen-bond donors (Lipinski definition) is 1. The van der Waals surface area contributed by atoms with E-state index in [0.29, 0.717) is 12.1 Å². The SMILES string of the molecule is CN(Cc1ccccc1)C(=O)c1nc(C(=O)NCc2ccccn2)c2ccccn12. The Morgan fingerprint density at radius 3 is 2.53 bits per heavy atom. The molecule has 4 rings (SSSR count). The monoisotopic (exact) mass is 399 g/mol. The number of fused-ring (bicyclic) bond motifs is 1. The largest absolute Gasteiger partial charge is 0.345 e. The van der Waals surface area contributed by atoms with Gasteiger partial charge in [-0.05, 0) is 29.8 Å². The second-order valence-corrected chi connectivity index (χ2v) is 6.89. The lowest BCUT2D eigenvalue weighted by Crippen LogP contribution is -2.28. The van der Waals surface area contributed by atoms with Crippen LogP contribution in [0.4, 0.5) is 0 Å². The summed E-state index contributed by atoms with van der Waals surface area (Å²) in [4.78, 5) is 36.1. The molecule has 3 aromatic heterocycles. The van der Waals surface area contributed by atoms with Crippen molar-refractivity contribution in [1.82, 2.24) is 24.6 Å². The molecular weight excluding hydrogens is 378 g/mol. The number of nitrogens with one attached hydrogen (secondary N) is 1. The first-order valence-corrected chi connectivity index (χ1v) is 9.58. The van der Waals surface area contributed by atoms with Crippen LogP contribution in [0, 0.1) is 0 Å². The summed E-state index contributed by atoms with van der Waals surface area (Å²) < 4.78 is 1.65. The number of rotatable bonds is 6. The molecule has 7 heteroatoms.